The topological polar surface area (TPSA) is 70.8 Å². The van der Waals surface area contributed by atoms with Crippen molar-refractivity contribution in [2.75, 3.05) is 27.9 Å². The van der Waals surface area contributed by atoms with Crippen molar-refractivity contribution in [3.63, 3.8) is 0 Å². The molecule has 0 spiro atoms. The minimum atomic E-state index is -0.486. The Bertz CT molecular complexity index is 392. The molecule has 0 radical (unpaired) electrons. The van der Waals surface area contributed by atoms with E-state index in [2.05, 4.69) is 0 Å². The van der Waals surface area contributed by atoms with Gasteiger partial charge in [-0.3, -0.25) is 4.79 Å². The predicted octanol–water partition coefficient (Wildman–Crippen LogP) is 0.919. The second kappa shape index (κ2) is 6.10. The van der Waals surface area contributed by atoms with Gasteiger partial charge in [-0.25, -0.2) is 0 Å². The quantitative estimate of drug-likeness (QED) is 0.774. The van der Waals surface area contributed by atoms with Crippen LogP contribution in [0.15, 0.2) is 18.2 Å². The zero-order valence-electron chi connectivity index (χ0n) is 10.2. The molecule has 0 amide bonds. The van der Waals surface area contributed by atoms with E-state index in [1.807, 2.05) is 0 Å². The molecule has 5 heteroatoms. The predicted molar refractivity (Wildman–Crippen MR) is 63.4 cm³/mol. The van der Waals surface area contributed by atoms with Gasteiger partial charge in [-0.15, -0.1) is 0 Å². The summed E-state index contributed by atoms with van der Waals surface area (Å²) in [7, 11) is 4.43. The van der Waals surface area contributed by atoms with Gasteiger partial charge in [0, 0.05) is 6.54 Å². The second-order valence-electron chi connectivity index (χ2n) is 3.43. The molecule has 0 saturated carbocycles. The molecule has 0 aliphatic heterocycles. The SMILES string of the molecule is COC(=O)[C@@H](CN)c1ccc(OC)c(OC)c1. The van der Waals surface area contributed by atoms with E-state index in [9.17, 15) is 4.79 Å². The van der Waals surface area contributed by atoms with Gasteiger partial charge in [0.25, 0.3) is 0 Å². The standard InChI is InChI=1S/C12H17NO4/c1-15-10-5-4-8(6-11(10)16-2)9(7-13)12(14)17-3/h4-6,9H,7,13H2,1-3H3/t9-/m0/s1. The molecule has 0 aliphatic carbocycles. The van der Waals surface area contributed by atoms with Crippen LogP contribution in [0.25, 0.3) is 0 Å². The Hall–Kier alpha value is -1.75. The molecule has 0 bridgehead atoms. The fourth-order valence-electron chi connectivity index (χ4n) is 1.58. The molecule has 17 heavy (non-hydrogen) atoms. The van der Waals surface area contributed by atoms with E-state index >= 15 is 0 Å². The maximum Gasteiger partial charge on any atom is 0.314 e. The average molecular weight is 239 g/mol. The van der Waals surface area contributed by atoms with Gasteiger partial charge in [-0.2, -0.15) is 0 Å². The van der Waals surface area contributed by atoms with Crippen molar-refractivity contribution >= 4 is 5.97 Å². The number of benzene rings is 1. The summed E-state index contributed by atoms with van der Waals surface area (Å²) in [5.41, 5.74) is 6.32. The van der Waals surface area contributed by atoms with Crippen LogP contribution in [0, 0.1) is 0 Å². The number of ether oxygens (including phenoxy) is 3. The Morgan fingerprint density at radius 2 is 1.88 bits per heavy atom. The Morgan fingerprint density at radius 3 is 2.35 bits per heavy atom. The molecular formula is C12H17NO4. The van der Waals surface area contributed by atoms with Crippen molar-refractivity contribution in [2.24, 2.45) is 5.73 Å². The highest BCUT2D eigenvalue weighted by atomic mass is 16.5. The fraction of sp³-hybridized carbons (Fsp3) is 0.417. The molecule has 1 aromatic rings. The molecular weight excluding hydrogens is 222 g/mol. The minimum absolute atomic E-state index is 0.183. The van der Waals surface area contributed by atoms with Gasteiger partial charge >= 0.3 is 5.97 Å². The van der Waals surface area contributed by atoms with E-state index in [0.29, 0.717) is 11.5 Å². The second-order valence-corrected chi connectivity index (χ2v) is 3.43. The third-order valence-electron chi connectivity index (χ3n) is 2.53. The molecule has 0 unspecified atom stereocenters. The van der Waals surface area contributed by atoms with Crippen LogP contribution in [0.3, 0.4) is 0 Å². The number of carbonyl (C=O) groups excluding carboxylic acids is 1. The van der Waals surface area contributed by atoms with Crippen LogP contribution < -0.4 is 15.2 Å². The van der Waals surface area contributed by atoms with Crippen LogP contribution in [0.1, 0.15) is 11.5 Å². The normalized spacial score (nSPS) is 11.8. The highest BCUT2D eigenvalue weighted by Crippen LogP contribution is 2.30. The van der Waals surface area contributed by atoms with Gasteiger partial charge in [0.1, 0.15) is 0 Å². The van der Waals surface area contributed by atoms with Crippen molar-refractivity contribution in [1.82, 2.24) is 0 Å². The van der Waals surface area contributed by atoms with Gasteiger partial charge in [0.15, 0.2) is 11.5 Å². The van der Waals surface area contributed by atoms with E-state index in [1.165, 1.54) is 14.2 Å². The number of hydrogen-bond acceptors (Lipinski definition) is 5. The number of rotatable bonds is 5. The smallest absolute Gasteiger partial charge is 0.314 e. The molecule has 1 rings (SSSR count). The van der Waals surface area contributed by atoms with E-state index in [0.717, 1.165) is 5.56 Å². The van der Waals surface area contributed by atoms with Crippen LogP contribution in [-0.2, 0) is 9.53 Å². The molecule has 0 saturated heterocycles. The van der Waals surface area contributed by atoms with E-state index in [4.69, 9.17) is 19.9 Å². The summed E-state index contributed by atoms with van der Waals surface area (Å²) >= 11 is 0. The van der Waals surface area contributed by atoms with Crippen molar-refractivity contribution in [2.45, 2.75) is 5.92 Å². The number of hydrogen-bond donors (Lipinski definition) is 1. The molecule has 94 valence electrons. The molecule has 2 N–H and O–H groups in total. The van der Waals surface area contributed by atoms with E-state index in [-0.39, 0.29) is 12.5 Å². The molecule has 0 heterocycles. The minimum Gasteiger partial charge on any atom is -0.493 e. The molecule has 1 atom stereocenters. The lowest BCUT2D eigenvalue weighted by Crippen LogP contribution is -2.22. The van der Waals surface area contributed by atoms with Gasteiger partial charge < -0.3 is 19.9 Å². The first kappa shape index (κ1) is 13.3. The van der Waals surface area contributed by atoms with Crippen molar-refractivity contribution in [3.05, 3.63) is 23.8 Å². The van der Waals surface area contributed by atoms with E-state index in [1.54, 1.807) is 25.3 Å². The zero-order chi connectivity index (χ0) is 12.8. The monoisotopic (exact) mass is 239 g/mol. The first-order valence-corrected chi connectivity index (χ1v) is 5.17. The fourth-order valence-corrected chi connectivity index (χ4v) is 1.58. The number of methoxy groups -OCH3 is 3. The van der Waals surface area contributed by atoms with Crippen LogP contribution in [-0.4, -0.2) is 33.8 Å². The summed E-state index contributed by atoms with van der Waals surface area (Å²) in [5, 5.41) is 0. The Balaban J connectivity index is 3.09. The van der Waals surface area contributed by atoms with Crippen LogP contribution in [0.5, 0.6) is 11.5 Å². The first-order chi connectivity index (χ1) is 8.17. The first-order valence-electron chi connectivity index (χ1n) is 5.17. The van der Waals surface area contributed by atoms with E-state index < -0.39 is 5.92 Å². The Kier molecular flexibility index (Phi) is 4.78. The van der Waals surface area contributed by atoms with Crippen molar-refractivity contribution in [3.8, 4) is 11.5 Å². The third-order valence-corrected chi connectivity index (χ3v) is 2.53. The average Bonchev–Trinajstić information content (AvgIpc) is 2.38. The van der Waals surface area contributed by atoms with Crippen molar-refractivity contribution in [1.29, 1.82) is 0 Å². The van der Waals surface area contributed by atoms with Gasteiger partial charge in [0.2, 0.25) is 0 Å². The number of carbonyl (C=O) groups is 1. The maximum atomic E-state index is 11.5. The van der Waals surface area contributed by atoms with Crippen molar-refractivity contribution < 1.29 is 19.0 Å². The zero-order valence-corrected chi connectivity index (χ0v) is 10.2. The lowest BCUT2D eigenvalue weighted by atomic mass is 9.99. The Labute approximate surface area is 100 Å². The highest BCUT2D eigenvalue weighted by molar-refractivity contribution is 5.78. The molecule has 0 fully saturated rings. The summed E-state index contributed by atoms with van der Waals surface area (Å²) in [4.78, 5) is 11.5. The molecule has 0 aromatic heterocycles. The van der Waals surface area contributed by atoms with Gasteiger partial charge in [-0.1, -0.05) is 6.07 Å². The molecule has 5 nitrogen and oxygen atoms in total. The number of esters is 1. The molecule has 1 aromatic carbocycles. The third kappa shape index (κ3) is 2.88. The van der Waals surface area contributed by atoms with Crippen LogP contribution >= 0.6 is 0 Å². The van der Waals surface area contributed by atoms with Crippen LogP contribution in [0.4, 0.5) is 0 Å². The summed E-state index contributed by atoms with van der Waals surface area (Å²) in [6.07, 6.45) is 0. The summed E-state index contributed by atoms with van der Waals surface area (Å²) in [6, 6.07) is 5.24. The Morgan fingerprint density at radius 1 is 1.24 bits per heavy atom. The summed E-state index contributed by atoms with van der Waals surface area (Å²) < 4.78 is 15.0. The lowest BCUT2D eigenvalue weighted by Gasteiger charge is -2.15. The van der Waals surface area contributed by atoms with Crippen LogP contribution in [0.2, 0.25) is 0 Å². The maximum absolute atomic E-state index is 11.5. The molecule has 0 aliphatic rings. The van der Waals surface area contributed by atoms with Gasteiger partial charge in [0.05, 0.1) is 27.2 Å². The summed E-state index contributed by atoms with van der Waals surface area (Å²) in [6.45, 7) is 0.183. The summed E-state index contributed by atoms with van der Waals surface area (Å²) in [5.74, 6) is 0.323. The van der Waals surface area contributed by atoms with Gasteiger partial charge in [-0.05, 0) is 17.7 Å². The lowest BCUT2D eigenvalue weighted by molar-refractivity contribution is -0.142. The largest absolute Gasteiger partial charge is 0.493 e. The number of nitrogens with two attached hydrogens (primary N) is 1. The highest BCUT2D eigenvalue weighted by Gasteiger charge is 2.21.